The van der Waals surface area contributed by atoms with Crippen LogP contribution in [0.3, 0.4) is 0 Å². The number of carbonyl (C=O) groups is 1. The van der Waals surface area contributed by atoms with E-state index in [0.717, 1.165) is 5.57 Å². The van der Waals surface area contributed by atoms with Crippen molar-refractivity contribution in [2.45, 2.75) is 27.2 Å². The number of fused-ring (bicyclic) bond motifs is 1. The molecule has 31 heavy (non-hydrogen) atoms. The molecule has 1 aromatic heterocycles. The number of hydrogen-bond donors (Lipinski definition) is 2. The van der Waals surface area contributed by atoms with Gasteiger partial charge in [0.05, 0.1) is 21.5 Å². The van der Waals surface area contributed by atoms with Gasteiger partial charge in [-0.15, -0.1) is 0 Å². The van der Waals surface area contributed by atoms with Gasteiger partial charge in [-0.2, -0.15) is 0 Å². The van der Waals surface area contributed by atoms with Gasteiger partial charge >= 0.3 is 5.97 Å². The van der Waals surface area contributed by atoms with Crippen molar-refractivity contribution in [1.29, 1.82) is 0 Å². The van der Waals surface area contributed by atoms with E-state index in [1.165, 1.54) is 29.5 Å². The van der Waals surface area contributed by atoms with E-state index in [2.05, 4.69) is 10.3 Å². The van der Waals surface area contributed by atoms with E-state index in [0.29, 0.717) is 32.9 Å². The molecule has 3 aromatic rings. The summed E-state index contributed by atoms with van der Waals surface area (Å²) < 4.78 is 28.7. The lowest BCUT2D eigenvalue weighted by atomic mass is 10.0. The number of aliphatic carboxylic acids is 1. The molecule has 0 unspecified atom stereocenters. The Balaban J connectivity index is 0.00000132. The molecule has 2 aromatic carbocycles. The minimum Gasteiger partial charge on any atom is -0.478 e. The van der Waals surface area contributed by atoms with Crippen LogP contribution < -0.4 is 5.32 Å². The van der Waals surface area contributed by atoms with Crippen molar-refractivity contribution in [2.75, 3.05) is 5.32 Å². The highest BCUT2D eigenvalue weighted by Gasteiger charge is 2.14. The summed E-state index contributed by atoms with van der Waals surface area (Å²) in [6.45, 7) is 5.72. The number of rotatable bonds is 4. The van der Waals surface area contributed by atoms with Gasteiger partial charge in [-0.1, -0.05) is 49.5 Å². The Bertz CT molecular complexity index is 1230. The van der Waals surface area contributed by atoms with Gasteiger partial charge in [-0.3, -0.25) is 0 Å². The second-order valence-corrected chi connectivity index (χ2v) is 7.63. The van der Waals surface area contributed by atoms with Gasteiger partial charge in [0.15, 0.2) is 5.13 Å². The summed E-state index contributed by atoms with van der Waals surface area (Å²) in [6.07, 6.45) is 5.71. The zero-order chi connectivity index (χ0) is 22.5. The van der Waals surface area contributed by atoms with Crippen molar-refractivity contribution in [3.63, 3.8) is 0 Å². The molecule has 0 aliphatic heterocycles. The Kier molecular flexibility index (Phi) is 6.97. The molecule has 1 aliphatic rings. The van der Waals surface area contributed by atoms with E-state index in [1.54, 1.807) is 37.3 Å². The summed E-state index contributed by atoms with van der Waals surface area (Å²) in [7, 11) is 0. The molecule has 0 spiro atoms. The van der Waals surface area contributed by atoms with Crippen LogP contribution in [-0.4, -0.2) is 16.1 Å². The highest BCUT2D eigenvalue weighted by Crippen LogP contribution is 2.31. The molecule has 0 saturated carbocycles. The zero-order valence-electron chi connectivity index (χ0n) is 17.4. The van der Waals surface area contributed by atoms with Crippen molar-refractivity contribution in [1.82, 2.24) is 4.98 Å². The predicted octanol–water partition coefficient (Wildman–Crippen LogP) is 7.09. The third kappa shape index (κ3) is 5.06. The highest BCUT2D eigenvalue weighted by molar-refractivity contribution is 7.22. The molecular weight excluding hydrogens is 418 g/mol. The van der Waals surface area contributed by atoms with Crippen molar-refractivity contribution in [3.8, 4) is 0 Å². The minimum absolute atomic E-state index is 0.252. The van der Waals surface area contributed by atoms with Crippen LogP contribution in [0, 0.1) is 11.6 Å². The van der Waals surface area contributed by atoms with Crippen LogP contribution in [0.1, 0.15) is 32.8 Å². The number of thiazole rings is 1. The number of anilines is 2. The molecule has 0 saturated heterocycles. The lowest BCUT2D eigenvalue weighted by Gasteiger charge is -2.08. The van der Waals surface area contributed by atoms with Crippen LogP contribution >= 0.6 is 11.3 Å². The topological polar surface area (TPSA) is 62.2 Å². The first kappa shape index (κ1) is 22.4. The number of aromatic nitrogens is 1. The van der Waals surface area contributed by atoms with E-state index in [-0.39, 0.29) is 17.1 Å². The number of halogens is 2. The molecule has 0 radical (unpaired) electrons. The number of nitrogens with one attached hydrogen (secondary N) is 1. The number of carboxylic acid groups (broad SMARTS) is 1. The fraction of sp³-hybridized carbons (Fsp3) is 0.167. The number of hydrogen-bond acceptors (Lipinski definition) is 4. The van der Waals surface area contributed by atoms with Crippen molar-refractivity contribution < 1.29 is 18.7 Å². The predicted molar refractivity (Wildman–Crippen MR) is 123 cm³/mol. The molecule has 0 atom stereocenters. The molecule has 0 bridgehead atoms. The fourth-order valence-corrected chi connectivity index (χ4v) is 4.06. The van der Waals surface area contributed by atoms with Crippen LogP contribution in [0.25, 0.3) is 15.8 Å². The van der Waals surface area contributed by atoms with Crippen LogP contribution in [0.5, 0.6) is 0 Å². The third-order valence-corrected chi connectivity index (χ3v) is 5.52. The van der Waals surface area contributed by atoms with Crippen LogP contribution in [0.15, 0.2) is 65.8 Å². The summed E-state index contributed by atoms with van der Waals surface area (Å²) in [6, 6.07) is 9.08. The Hall–Kier alpha value is -3.32. The molecule has 0 amide bonds. The van der Waals surface area contributed by atoms with E-state index < -0.39 is 11.8 Å². The molecule has 1 heterocycles. The standard InChI is InChI=1S/C22H16F2N2O2S.C2H6/c1-12-9-13(3-2-4-16(12)21(27)28)14-5-7-18(17(24)10-14)25-22-26-19-8-6-15(23)11-20(19)29-22;1-2/h3-11H,2H2,1H3,(H,25,26)(H,27,28);1-2H3. The average Bonchev–Trinajstić information content (AvgIpc) is 3.02. The lowest BCUT2D eigenvalue weighted by Crippen LogP contribution is -2.01. The summed E-state index contributed by atoms with van der Waals surface area (Å²) in [5.74, 6) is -1.78. The fourth-order valence-electron chi connectivity index (χ4n) is 3.15. The minimum atomic E-state index is -0.977. The van der Waals surface area contributed by atoms with E-state index in [1.807, 2.05) is 19.9 Å². The van der Waals surface area contributed by atoms with Gasteiger partial charge in [0.2, 0.25) is 0 Å². The summed E-state index contributed by atoms with van der Waals surface area (Å²) in [5, 5.41) is 12.7. The van der Waals surface area contributed by atoms with Crippen molar-refractivity contribution in [3.05, 3.63) is 83.0 Å². The van der Waals surface area contributed by atoms with E-state index in [9.17, 15) is 18.7 Å². The second kappa shape index (κ2) is 9.66. The third-order valence-electron chi connectivity index (χ3n) is 4.58. The van der Waals surface area contributed by atoms with Gasteiger partial charge in [-0.25, -0.2) is 18.6 Å². The highest BCUT2D eigenvalue weighted by atomic mass is 32.1. The van der Waals surface area contributed by atoms with E-state index in [4.69, 9.17) is 0 Å². The van der Waals surface area contributed by atoms with Gasteiger partial charge in [0.1, 0.15) is 11.6 Å². The van der Waals surface area contributed by atoms with Gasteiger partial charge in [-0.05, 0) is 60.4 Å². The first-order valence-electron chi connectivity index (χ1n) is 9.86. The molecule has 1 aliphatic carbocycles. The Labute approximate surface area is 183 Å². The molecule has 160 valence electrons. The van der Waals surface area contributed by atoms with Crippen LogP contribution in [-0.2, 0) is 4.79 Å². The summed E-state index contributed by atoms with van der Waals surface area (Å²) in [5.41, 5.74) is 3.18. The maximum Gasteiger partial charge on any atom is 0.335 e. The molecule has 2 N–H and O–H groups in total. The van der Waals surface area contributed by atoms with Crippen molar-refractivity contribution in [2.24, 2.45) is 0 Å². The number of benzene rings is 2. The Morgan fingerprint density at radius 3 is 2.61 bits per heavy atom. The first-order valence-corrected chi connectivity index (χ1v) is 10.7. The van der Waals surface area contributed by atoms with E-state index >= 15 is 0 Å². The smallest absolute Gasteiger partial charge is 0.335 e. The largest absolute Gasteiger partial charge is 0.478 e. The van der Waals surface area contributed by atoms with Gasteiger partial charge in [0, 0.05) is 0 Å². The molecular formula is C24H22F2N2O2S. The molecule has 4 nitrogen and oxygen atoms in total. The summed E-state index contributed by atoms with van der Waals surface area (Å²) in [4.78, 5) is 15.6. The Morgan fingerprint density at radius 1 is 1.13 bits per heavy atom. The van der Waals surface area contributed by atoms with Gasteiger partial charge < -0.3 is 10.4 Å². The quantitative estimate of drug-likeness (QED) is 0.455. The van der Waals surface area contributed by atoms with Crippen molar-refractivity contribution >= 4 is 43.9 Å². The SMILES string of the molecule is CC.CC1=CC(c2ccc(Nc3nc4ccc(F)cc4s3)c(F)c2)=CCC=C1C(=O)O. The molecule has 0 fully saturated rings. The maximum absolute atomic E-state index is 14.7. The Morgan fingerprint density at radius 2 is 1.90 bits per heavy atom. The number of nitrogens with zero attached hydrogens (tertiary/aromatic N) is 1. The second-order valence-electron chi connectivity index (χ2n) is 6.60. The monoisotopic (exact) mass is 440 g/mol. The van der Waals surface area contributed by atoms with Gasteiger partial charge in [0.25, 0.3) is 0 Å². The summed E-state index contributed by atoms with van der Waals surface area (Å²) >= 11 is 1.24. The normalized spacial score (nSPS) is 13.4. The van der Waals surface area contributed by atoms with Crippen LogP contribution in [0.4, 0.5) is 19.6 Å². The first-order chi connectivity index (χ1) is 14.9. The molecule has 4 rings (SSSR count). The maximum atomic E-state index is 14.7. The van der Waals surface area contributed by atoms with Crippen LogP contribution in [0.2, 0.25) is 0 Å². The zero-order valence-corrected chi connectivity index (χ0v) is 18.2. The average molecular weight is 441 g/mol. The number of allylic oxidation sites excluding steroid dienone is 4. The lowest BCUT2D eigenvalue weighted by molar-refractivity contribution is -0.132. The molecule has 7 heteroatoms. The number of carboxylic acids is 1.